The maximum absolute atomic E-state index is 12.6. The van der Waals surface area contributed by atoms with Gasteiger partial charge in [-0.3, -0.25) is 4.79 Å². The van der Waals surface area contributed by atoms with Crippen LogP contribution in [0.3, 0.4) is 0 Å². The van der Waals surface area contributed by atoms with Gasteiger partial charge in [0.2, 0.25) is 10.0 Å². The van der Waals surface area contributed by atoms with Crippen LogP contribution >= 0.6 is 23.2 Å². The van der Waals surface area contributed by atoms with Crippen LogP contribution < -0.4 is 5.32 Å². The molecule has 0 bridgehead atoms. The molecule has 0 saturated carbocycles. The predicted octanol–water partition coefficient (Wildman–Crippen LogP) is 3.60. The zero-order valence-electron chi connectivity index (χ0n) is 14.7. The Hall–Kier alpha value is -1.60. The highest BCUT2D eigenvalue weighted by molar-refractivity contribution is 7.89. The van der Waals surface area contributed by atoms with Gasteiger partial charge in [-0.2, -0.15) is 0 Å². The fraction of sp³-hybridized carbons (Fsp3) is 0.278. The first-order valence-electron chi connectivity index (χ1n) is 7.88. The van der Waals surface area contributed by atoms with E-state index in [1.807, 2.05) is 25.1 Å². The van der Waals surface area contributed by atoms with Crippen molar-refractivity contribution in [1.82, 2.24) is 9.62 Å². The molecule has 2 rings (SSSR count). The molecule has 0 aromatic heterocycles. The Kier molecular flexibility index (Phi) is 6.69. The van der Waals surface area contributed by atoms with Crippen LogP contribution in [0.25, 0.3) is 0 Å². The van der Waals surface area contributed by atoms with Crippen molar-refractivity contribution in [1.29, 1.82) is 0 Å². The molecule has 5 nitrogen and oxygen atoms in total. The third-order valence-electron chi connectivity index (χ3n) is 3.77. The lowest BCUT2D eigenvalue weighted by Gasteiger charge is -2.16. The number of amides is 1. The van der Waals surface area contributed by atoms with E-state index < -0.39 is 15.9 Å². The SMILES string of the molecule is C[C@@H](Cc1cccc(Cl)c1)NC(=O)c1cc(S(=O)(=O)N(C)C)ccc1Cl. The van der Waals surface area contributed by atoms with Gasteiger partial charge in [0.25, 0.3) is 5.91 Å². The lowest BCUT2D eigenvalue weighted by atomic mass is 10.1. The second-order valence-corrected chi connectivity index (χ2v) is 9.13. The van der Waals surface area contributed by atoms with E-state index in [9.17, 15) is 13.2 Å². The standard InChI is InChI=1S/C18H20Cl2N2O3S/c1-12(9-13-5-4-6-14(19)10-13)21-18(23)16-11-15(7-8-17(16)20)26(24,25)22(2)3/h4-8,10-12H,9H2,1-3H3,(H,21,23)/t12-/m0/s1. The Morgan fingerprint density at radius 1 is 1.15 bits per heavy atom. The van der Waals surface area contributed by atoms with E-state index in [4.69, 9.17) is 23.2 Å². The zero-order chi connectivity index (χ0) is 19.5. The fourth-order valence-electron chi connectivity index (χ4n) is 2.42. The van der Waals surface area contributed by atoms with Crippen LogP contribution in [0.1, 0.15) is 22.8 Å². The number of sulfonamides is 1. The molecule has 0 aliphatic heterocycles. The summed E-state index contributed by atoms with van der Waals surface area (Å²) in [6, 6.07) is 11.3. The molecular formula is C18H20Cl2N2O3S. The molecule has 1 N–H and O–H groups in total. The minimum atomic E-state index is -3.65. The van der Waals surface area contributed by atoms with Crippen molar-refractivity contribution in [2.45, 2.75) is 24.3 Å². The normalized spacial score (nSPS) is 12.8. The largest absolute Gasteiger partial charge is 0.349 e. The Morgan fingerprint density at radius 2 is 1.85 bits per heavy atom. The Labute approximate surface area is 164 Å². The number of hydrogen-bond acceptors (Lipinski definition) is 3. The van der Waals surface area contributed by atoms with Gasteiger partial charge in [0.1, 0.15) is 0 Å². The van der Waals surface area contributed by atoms with Crippen molar-refractivity contribution in [2.24, 2.45) is 0 Å². The van der Waals surface area contributed by atoms with E-state index in [1.54, 1.807) is 6.07 Å². The first kappa shape index (κ1) is 20.7. The van der Waals surface area contributed by atoms with Crippen LogP contribution in [0.2, 0.25) is 10.0 Å². The van der Waals surface area contributed by atoms with Gasteiger partial charge in [-0.05, 0) is 49.2 Å². The highest BCUT2D eigenvalue weighted by Gasteiger charge is 2.21. The van der Waals surface area contributed by atoms with Crippen molar-refractivity contribution in [3.05, 3.63) is 63.6 Å². The first-order chi connectivity index (χ1) is 12.1. The molecular weight excluding hydrogens is 395 g/mol. The van der Waals surface area contributed by atoms with Crippen molar-refractivity contribution >= 4 is 39.1 Å². The van der Waals surface area contributed by atoms with E-state index in [0.29, 0.717) is 11.4 Å². The highest BCUT2D eigenvalue weighted by Crippen LogP contribution is 2.22. The van der Waals surface area contributed by atoms with E-state index in [0.717, 1.165) is 9.87 Å². The second-order valence-electron chi connectivity index (χ2n) is 6.14. The Morgan fingerprint density at radius 3 is 2.46 bits per heavy atom. The summed E-state index contributed by atoms with van der Waals surface area (Å²) in [5.74, 6) is -0.430. The molecule has 2 aromatic rings. The molecule has 0 heterocycles. The van der Waals surface area contributed by atoms with Crippen molar-refractivity contribution in [3.63, 3.8) is 0 Å². The monoisotopic (exact) mass is 414 g/mol. The van der Waals surface area contributed by atoms with E-state index in [2.05, 4.69) is 5.32 Å². The van der Waals surface area contributed by atoms with Gasteiger partial charge in [-0.1, -0.05) is 35.3 Å². The number of carbonyl (C=O) groups is 1. The Bertz CT molecular complexity index is 914. The molecule has 0 aliphatic carbocycles. The summed E-state index contributed by atoms with van der Waals surface area (Å²) in [6.07, 6.45) is 0.583. The quantitative estimate of drug-likeness (QED) is 0.784. The van der Waals surface area contributed by atoms with E-state index in [1.165, 1.54) is 32.3 Å². The summed E-state index contributed by atoms with van der Waals surface area (Å²) < 4.78 is 25.6. The van der Waals surface area contributed by atoms with E-state index >= 15 is 0 Å². The third kappa shape index (κ3) is 4.98. The smallest absolute Gasteiger partial charge is 0.253 e. The maximum Gasteiger partial charge on any atom is 0.253 e. The molecule has 1 atom stereocenters. The van der Waals surface area contributed by atoms with Crippen LogP contribution in [-0.4, -0.2) is 38.8 Å². The molecule has 0 spiro atoms. The minimum Gasteiger partial charge on any atom is -0.349 e. The lowest BCUT2D eigenvalue weighted by molar-refractivity contribution is 0.0940. The van der Waals surface area contributed by atoms with Crippen LogP contribution in [0.5, 0.6) is 0 Å². The summed E-state index contributed by atoms with van der Waals surface area (Å²) in [5, 5.41) is 3.66. The fourth-order valence-corrected chi connectivity index (χ4v) is 3.76. The molecule has 2 aromatic carbocycles. The zero-order valence-corrected chi connectivity index (χ0v) is 17.0. The number of nitrogens with one attached hydrogen (secondary N) is 1. The molecule has 0 saturated heterocycles. The number of benzene rings is 2. The van der Waals surface area contributed by atoms with Crippen molar-refractivity contribution in [3.8, 4) is 0 Å². The summed E-state index contributed by atoms with van der Waals surface area (Å²) >= 11 is 12.1. The Balaban J connectivity index is 2.18. The van der Waals surface area contributed by atoms with Gasteiger partial charge >= 0.3 is 0 Å². The predicted molar refractivity (Wildman–Crippen MR) is 104 cm³/mol. The van der Waals surface area contributed by atoms with Gasteiger partial charge in [-0.25, -0.2) is 12.7 Å². The average molecular weight is 415 g/mol. The number of carbonyl (C=O) groups excluding carboxylic acids is 1. The number of hydrogen-bond donors (Lipinski definition) is 1. The average Bonchev–Trinajstić information content (AvgIpc) is 2.54. The van der Waals surface area contributed by atoms with Crippen LogP contribution in [-0.2, 0) is 16.4 Å². The highest BCUT2D eigenvalue weighted by atomic mass is 35.5. The van der Waals surface area contributed by atoms with Gasteiger partial charge < -0.3 is 5.32 Å². The third-order valence-corrected chi connectivity index (χ3v) is 6.15. The van der Waals surface area contributed by atoms with Crippen molar-refractivity contribution in [2.75, 3.05) is 14.1 Å². The van der Waals surface area contributed by atoms with Gasteiger partial charge in [-0.15, -0.1) is 0 Å². The van der Waals surface area contributed by atoms with Crippen LogP contribution in [0.4, 0.5) is 0 Å². The van der Waals surface area contributed by atoms with Crippen LogP contribution in [0, 0.1) is 0 Å². The molecule has 0 radical (unpaired) electrons. The summed E-state index contributed by atoms with van der Waals surface area (Å²) in [5.41, 5.74) is 1.10. The minimum absolute atomic E-state index is 0.0135. The number of rotatable bonds is 6. The summed E-state index contributed by atoms with van der Waals surface area (Å²) in [4.78, 5) is 12.6. The molecule has 140 valence electrons. The van der Waals surface area contributed by atoms with Gasteiger partial charge in [0.05, 0.1) is 15.5 Å². The second kappa shape index (κ2) is 8.39. The summed E-state index contributed by atoms with van der Waals surface area (Å²) in [7, 11) is -0.797. The topological polar surface area (TPSA) is 66.5 Å². The van der Waals surface area contributed by atoms with E-state index in [-0.39, 0.29) is 21.5 Å². The van der Waals surface area contributed by atoms with Crippen LogP contribution in [0.15, 0.2) is 47.4 Å². The maximum atomic E-state index is 12.6. The van der Waals surface area contributed by atoms with Crippen molar-refractivity contribution < 1.29 is 13.2 Å². The molecule has 0 unspecified atom stereocenters. The molecule has 26 heavy (non-hydrogen) atoms. The number of nitrogens with zero attached hydrogens (tertiary/aromatic N) is 1. The number of halogens is 2. The lowest BCUT2D eigenvalue weighted by Crippen LogP contribution is -2.34. The van der Waals surface area contributed by atoms with Gasteiger partial charge in [0.15, 0.2) is 0 Å². The first-order valence-corrected chi connectivity index (χ1v) is 10.1. The molecule has 0 fully saturated rings. The summed E-state index contributed by atoms with van der Waals surface area (Å²) in [6.45, 7) is 1.85. The van der Waals surface area contributed by atoms with Gasteiger partial charge in [0, 0.05) is 25.2 Å². The molecule has 1 amide bonds. The molecule has 8 heteroatoms. The molecule has 0 aliphatic rings.